The van der Waals surface area contributed by atoms with Gasteiger partial charge >= 0.3 is 0 Å². The molecule has 21 heavy (non-hydrogen) atoms. The summed E-state index contributed by atoms with van der Waals surface area (Å²) in [6.45, 7) is 1.95. The predicted molar refractivity (Wildman–Crippen MR) is 81.3 cm³/mol. The summed E-state index contributed by atoms with van der Waals surface area (Å²) in [5.74, 6) is 1.02. The molecule has 0 aliphatic rings. The van der Waals surface area contributed by atoms with Crippen LogP contribution in [0, 0.1) is 12.7 Å². The number of benzene rings is 2. The molecule has 0 radical (unpaired) electrons. The highest BCUT2D eigenvalue weighted by Crippen LogP contribution is 2.35. The van der Waals surface area contributed by atoms with Gasteiger partial charge in [0.25, 0.3) is 0 Å². The molecule has 1 atom stereocenters. The minimum Gasteiger partial charge on any atom is -0.493 e. The van der Waals surface area contributed by atoms with Crippen molar-refractivity contribution in [3.8, 4) is 11.5 Å². The molecule has 0 amide bonds. The Morgan fingerprint density at radius 2 is 1.90 bits per heavy atom. The van der Waals surface area contributed by atoms with Gasteiger partial charge in [0, 0.05) is 11.6 Å². The van der Waals surface area contributed by atoms with Gasteiger partial charge in [-0.05, 0) is 42.7 Å². The first-order chi connectivity index (χ1) is 10.1. The summed E-state index contributed by atoms with van der Waals surface area (Å²) < 4.78 is 24.1. The van der Waals surface area contributed by atoms with Gasteiger partial charge in [-0.3, -0.25) is 0 Å². The first-order valence-electron chi connectivity index (χ1n) is 6.78. The van der Waals surface area contributed by atoms with Gasteiger partial charge in [0.15, 0.2) is 11.5 Å². The highest BCUT2D eigenvalue weighted by Gasteiger charge is 2.17. The van der Waals surface area contributed by atoms with Crippen LogP contribution in [0.1, 0.15) is 22.7 Å². The van der Waals surface area contributed by atoms with Gasteiger partial charge in [-0.1, -0.05) is 18.2 Å². The van der Waals surface area contributed by atoms with E-state index in [9.17, 15) is 4.39 Å². The molecule has 2 N–H and O–H groups in total. The third-order valence-electron chi connectivity index (χ3n) is 3.58. The lowest BCUT2D eigenvalue weighted by atomic mass is 9.96. The molecule has 2 rings (SSSR count). The minimum atomic E-state index is -0.296. The Balaban J connectivity index is 2.32. The van der Waals surface area contributed by atoms with Crippen LogP contribution in [0.4, 0.5) is 4.39 Å². The number of ether oxygens (including phenoxy) is 2. The molecule has 0 aliphatic carbocycles. The molecule has 0 bridgehead atoms. The van der Waals surface area contributed by atoms with Gasteiger partial charge in [0.2, 0.25) is 0 Å². The molecule has 112 valence electrons. The maximum Gasteiger partial charge on any atom is 0.165 e. The lowest BCUT2D eigenvalue weighted by Gasteiger charge is -2.18. The highest BCUT2D eigenvalue weighted by molar-refractivity contribution is 5.48. The summed E-state index contributed by atoms with van der Waals surface area (Å²) >= 11 is 0. The van der Waals surface area contributed by atoms with Gasteiger partial charge in [0.1, 0.15) is 5.82 Å². The topological polar surface area (TPSA) is 44.5 Å². The van der Waals surface area contributed by atoms with Crippen LogP contribution in [0.3, 0.4) is 0 Å². The van der Waals surface area contributed by atoms with E-state index in [1.165, 1.54) is 12.1 Å². The molecular weight excluding hydrogens is 269 g/mol. The van der Waals surface area contributed by atoms with E-state index in [0.29, 0.717) is 17.9 Å². The second-order valence-corrected chi connectivity index (χ2v) is 4.96. The Morgan fingerprint density at radius 3 is 2.57 bits per heavy atom. The molecule has 3 nitrogen and oxygen atoms in total. The maximum atomic E-state index is 13.4. The normalized spacial score (nSPS) is 12.0. The number of hydrogen-bond acceptors (Lipinski definition) is 3. The number of methoxy groups -OCH3 is 2. The van der Waals surface area contributed by atoms with Crippen molar-refractivity contribution in [2.75, 3.05) is 14.2 Å². The molecule has 2 aromatic carbocycles. The van der Waals surface area contributed by atoms with Crippen molar-refractivity contribution < 1.29 is 13.9 Å². The van der Waals surface area contributed by atoms with Gasteiger partial charge in [-0.2, -0.15) is 0 Å². The van der Waals surface area contributed by atoms with E-state index in [0.717, 1.165) is 16.7 Å². The summed E-state index contributed by atoms with van der Waals surface area (Å²) in [6, 6.07) is 10.0. The van der Waals surface area contributed by atoms with Crippen molar-refractivity contribution in [1.29, 1.82) is 0 Å². The Kier molecular flexibility index (Phi) is 4.81. The van der Waals surface area contributed by atoms with E-state index >= 15 is 0 Å². The molecule has 0 aromatic heterocycles. The number of halogens is 1. The van der Waals surface area contributed by atoms with Crippen molar-refractivity contribution in [3.63, 3.8) is 0 Å². The summed E-state index contributed by atoms with van der Waals surface area (Å²) in [6.07, 6.45) is 0.535. The summed E-state index contributed by atoms with van der Waals surface area (Å²) in [5.41, 5.74) is 9.05. The second-order valence-electron chi connectivity index (χ2n) is 4.96. The van der Waals surface area contributed by atoms with Crippen LogP contribution in [-0.4, -0.2) is 14.2 Å². The average Bonchev–Trinajstić information content (AvgIpc) is 2.49. The zero-order chi connectivity index (χ0) is 15.4. The standard InChI is InChI=1S/C17H20FNO2/c1-11-7-8-13(18)9-12(11)10-15(19)14-5-4-6-16(20-2)17(14)21-3/h4-9,15H,10,19H2,1-3H3. The molecule has 0 saturated heterocycles. The zero-order valence-electron chi connectivity index (χ0n) is 12.5. The fourth-order valence-electron chi connectivity index (χ4n) is 2.41. The molecule has 4 heteroatoms. The molecule has 0 aliphatic heterocycles. The Bertz CT molecular complexity index is 628. The van der Waals surface area contributed by atoms with Crippen molar-refractivity contribution in [2.24, 2.45) is 5.73 Å². The van der Waals surface area contributed by atoms with Crippen molar-refractivity contribution in [3.05, 3.63) is 58.9 Å². The summed E-state index contributed by atoms with van der Waals surface area (Å²) in [5, 5.41) is 0. The van der Waals surface area contributed by atoms with Crippen LogP contribution in [0.5, 0.6) is 11.5 Å². The van der Waals surface area contributed by atoms with Gasteiger partial charge in [0.05, 0.1) is 14.2 Å². The quantitative estimate of drug-likeness (QED) is 0.917. The number of rotatable bonds is 5. The molecule has 2 aromatic rings. The lowest BCUT2D eigenvalue weighted by Crippen LogP contribution is -2.15. The summed E-state index contributed by atoms with van der Waals surface area (Å²) in [7, 11) is 3.17. The van der Waals surface area contributed by atoms with Crippen LogP contribution in [0.25, 0.3) is 0 Å². The highest BCUT2D eigenvalue weighted by atomic mass is 19.1. The SMILES string of the molecule is COc1cccc(C(N)Cc2cc(F)ccc2C)c1OC. The third-order valence-corrected chi connectivity index (χ3v) is 3.58. The first kappa shape index (κ1) is 15.3. The number of aryl methyl sites for hydroxylation is 1. The van der Waals surface area contributed by atoms with E-state index in [-0.39, 0.29) is 11.9 Å². The Labute approximate surface area is 124 Å². The number of nitrogens with two attached hydrogens (primary N) is 1. The minimum absolute atomic E-state index is 0.250. The lowest BCUT2D eigenvalue weighted by molar-refractivity contribution is 0.349. The average molecular weight is 289 g/mol. The van der Waals surface area contributed by atoms with Crippen molar-refractivity contribution >= 4 is 0 Å². The molecule has 0 heterocycles. The fraction of sp³-hybridized carbons (Fsp3) is 0.294. The van der Waals surface area contributed by atoms with E-state index in [1.807, 2.05) is 25.1 Å². The Hall–Kier alpha value is -2.07. The van der Waals surface area contributed by atoms with Crippen molar-refractivity contribution in [2.45, 2.75) is 19.4 Å². The Morgan fingerprint density at radius 1 is 1.14 bits per heavy atom. The van der Waals surface area contributed by atoms with E-state index in [1.54, 1.807) is 20.3 Å². The second kappa shape index (κ2) is 6.59. The molecular formula is C17H20FNO2. The number of hydrogen-bond donors (Lipinski definition) is 1. The summed E-state index contributed by atoms with van der Waals surface area (Å²) in [4.78, 5) is 0. The van der Waals surface area contributed by atoms with E-state index < -0.39 is 0 Å². The molecule has 0 fully saturated rings. The van der Waals surface area contributed by atoms with Crippen LogP contribution in [0.15, 0.2) is 36.4 Å². The zero-order valence-corrected chi connectivity index (χ0v) is 12.5. The smallest absolute Gasteiger partial charge is 0.165 e. The van der Waals surface area contributed by atoms with Crippen LogP contribution >= 0.6 is 0 Å². The first-order valence-corrected chi connectivity index (χ1v) is 6.78. The predicted octanol–water partition coefficient (Wildman–Crippen LogP) is 3.39. The van der Waals surface area contributed by atoms with Gasteiger partial charge in [-0.15, -0.1) is 0 Å². The van der Waals surface area contributed by atoms with Crippen molar-refractivity contribution in [1.82, 2.24) is 0 Å². The van der Waals surface area contributed by atoms with Crippen LogP contribution < -0.4 is 15.2 Å². The van der Waals surface area contributed by atoms with Crippen LogP contribution in [0.2, 0.25) is 0 Å². The van der Waals surface area contributed by atoms with E-state index in [2.05, 4.69) is 0 Å². The largest absolute Gasteiger partial charge is 0.493 e. The molecule has 1 unspecified atom stereocenters. The van der Waals surface area contributed by atoms with E-state index in [4.69, 9.17) is 15.2 Å². The fourth-order valence-corrected chi connectivity index (χ4v) is 2.41. The maximum absolute atomic E-state index is 13.4. The third kappa shape index (κ3) is 3.34. The molecule has 0 spiro atoms. The molecule has 0 saturated carbocycles. The van der Waals surface area contributed by atoms with Gasteiger partial charge in [-0.25, -0.2) is 4.39 Å². The number of para-hydroxylation sites is 1. The van der Waals surface area contributed by atoms with Gasteiger partial charge < -0.3 is 15.2 Å². The monoisotopic (exact) mass is 289 g/mol. The van der Waals surface area contributed by atoms with Crippen LogP contribution in [-0.2, 0) is 6.42 Å².